The minimum Gasteiger partial charge on any atom is -0.396 e. The van der Waals surface area contributed by atoms with Crippen molar-refractivity contribution in [2.45, 2.75) is 18.8 Å². The van der Waals surface area contributed by atoms with Crippen molar-refractivity contribution in [3.63, 3.8) is 0 Å². The molecule has 1 amide bonds. The molecule has 1 heterocycles. The number of carbonyl (C=O) groups excluding carboxylic acids is 1. The Morgan fingerprint density at radius 3 is 2.09 bits per heavy atom. The van der Waals surface area contributed by atoms with Gasteiger partial charge in [0, 0.05) is 38.0 Å². The van der Waals surface area contributed by atoms with E-state index in [0.717, 1.165) is 13.0 Å². The molecule has 0 aromatic heterocycles. The molecule has 3 rings (SSSR count). The Balaban J connectivity index is 1.78. The zero-order valence-corrected chi connectivity index (χ0v) is 13.3. The highest BCUT2D eigenvalue weighted by atomic mass is 16.3. The largest absolute Gasteiger partial charge is 0.396 e. The van der Waals surface area contributed by atoms with Gasteiger partial charge in [0.05, 0.1) is 0 Å². The van der Waals surface area contributed by atoms with Crippen LogP contribution in [-0.2, 0) is 4.79 Å². The quantitative estimate of drug-likeness (QED) is 0.922. The molecule has 1 atom stereocenters. The van der Waals surface area contributed by atoms with Crippen molar-refractivity contribution in [1.82, 2.24) is 4.90 Å². The summed E-state index contributed by atoms with van der Waals surface area (Å²) in [6.07, 6.45) is 1.38. The van der Waals surface area contributed by atoms with E-state index in [1.807, 2.05) is 41.3 Å². The molecular formula is C20H23NO2. The van der Waals surface area contributed by atoms with Gasteiger partial charge in [0.25, 0.3) is 0 Å². The van der Waals surface area contributed by atoms with Gasteiger partial charge in [-0.25, -0.2) is 0 Å². The van der Waals surface area contributed by atoms with Crippen LogP contribution in [0.3, 0.4) is 0 Å². The standard InChI is InChI=1S/C20H23NO2/c22-15-16-11-12-21(14-16)20(23)13-19(17-7-3-1-4-8-17)18-9-5-2-6-10-18/h1-10,16,19,22H,11-15H2. The molecule has 0 spiro atoms. The highest BCUT2D eigenvalue weighted by Crippen LogP contribution is 2.29. The maximum absolute atomic E-state index is 12.7. The second-order valence-corrected chi connectivity index (χ2v) is 6.26. The lowest BCUT2D eigenvalue weighted by molar-refractivity contribution is -0.130. The summed E-state index contributed by atoms with van der Waals surface area (Å²) in [5, 5.41) is 9.27. The van der Waals surface area contributed by atoms with Crippen LogP contribution in [0.5, 0.6) is 0 Å². The summed E-state index contributed by atoms with van der Waals surface area (Å²) in [7, 11) is 0. The average Bonchev–Trinajstić information content (AvgIpc) is 3.10. The van der Waals surface area contributed by atoms with Crippen LogP contribution in [0.25, 0.3) is 0 Å². The van der Waals surface area contributed by atoms with Crippen molar-refractivity contribution < 1.29 is 9.90 Å². The van der Waals surface area contributed by atoms with E-state index in [4.69, 9.17) is 0 Å². The first-order valence-corrected chi connectivity index (χ1v) is 8.26. The molecule has 3 heteroatoms. The topological polar surface area (TPSA) is 40.5 Å². The monoisotopic (exact) mass is 309 g/mol. The number of benzene rings is 2. The molecule has 0 radical (unpaired) electrons. The van der Waals surface area contributed by atoms with Gasteiger partial charge in [-0.3, -0.25) is 4.79 Å². The molecule has 1 aliphatic heterocycles. The van der Waals surface area contributed by atoms with Crippen molar-refractivity contribution in [1.29, 1.82) is 0 Å². The molecule has 1 saturated heterocycles. The Bertz CT molecular complexity index is 587. The van der Waals surface area contributed by atoms with E-state index in [-0.39, 0.29) is 24.3 Å². The third kappa shape index (κ3) is 3.80. The van der Waals surface area contributed by atoms with Gasteiger partial charge in [-0.1, -0.05) is 60.7 Å². The minimum absolute atomic E-state index is 0.0816. The van der Waals surface area contributed by atoms with Crippen LogP contribution in [0.4, 0.5) is 0 Å². The molecule has 0 bridgehead atoms. The maximum Gasteiger partial charge on any atom is 0.223 e. The molecule has 2 aromatic carbocycles. The Labute approximate surface area is 137 Å². The second-order valence-electron chi connectivity index (χ2n) is 6.26. The number of likely N-dealkylation sites (tertiary alicyclic amines) is 1. The van der Waals surface area contributed by atoms with E-state index in [2.05, 4.69) is 24.3 Å². The van der Waals surface area contributed by atoms with E-state index in [1.54, 1.807) is 0 Å². The van der Waals surface area contributed by atoms with Crippen molar-refractivity contribution >= 4 is 5.91 Å². The van der Waals surface area contributed by atoms with E-state index in [1.165, 1.54) is 11.1 Å². The van der Waals surface area contributed by atoms with E-state index in [9.17, 15) is 9.90 Å². The highest BCUT2D eigenvalue weighted by molar-refractivity contribution is 5.78. The SMILES string of the molecule is O=C(CC(c1ccccc1)c1ccccc1)N1CCC(CO)C1. The second kappa shape index (κ2) is 7.42. The van der Waals surface area contributed by atoms with E-state index in [0.29, 0.717) is 13.0 Å². The third-order valence-electron chi connectivity index (χ3n) is 4.68. The maximum atomic E-state index is 12.7. The molecule has 120 valence electrons. The molecular weight excluding hydrogens is 286 g/mol. The van der Waals surface area contributed by atoms with Crippen LogP contribution in [-0.4, -0.2) is 35.6 Å². The van der Waals surface area contributed by atoms with Gasteiger partial charge in [-0.05, 0) is 17.5 Å². The number of carbonyl (C=O) groups is 1. The summed E-state index contributed by atoms with van der Waals surface area (Å²) >= 11 is 0. The fourth-order valence-corrected chi connectivity index (χ4v) is 3.31. The number of hydrogen-bond donors (Lipinski definition) is 1. The summed E-state index contributed by atoms with van der Waals surface area (Å²) in [5.74, 6) is 0.502. The van der Waals surface area contributed by atoms with Gasteiger partial charge in [0.2, 0.25) is 5.91 Å². The Morgan fingerprint density at radius 1 is 1.04 bits per heavy atom. The fourth-order valence-electron chi connectivity index (χ4n) is 3.31. The molecule has 1 aliphatic rings. The first-order chi connectivity index (χ1) is 11.3. The summed E-state index contributed by atoms with van der Waals surface area (Å²) in [4.78, 5) is 14.6. The number of hydrogen-bond acceptors (Lipinski definition) is 2. The van der Waals surface area contributed by atoms with Crippen molar-refractivity contribution in [2.24, 2.45) is 5.92 Å². The normalized spacial score (nSPS) is 17.7. The molecule has 1 fully saturated rings. The first-order valence-electron chi connectivity index (χ1n) is 8.26. The van der Waals surface area contributed by atoms with Gasteiger partial charge in [-0.15, -0.1) is 0 Å². The number of rotatable bonds is 5. The van der Waals surface area contributed by atoms with Crippen molar-refractivity contribution in [3.05, 3.63) is 71.8 Å². The van der Waals surface area contributed by atoms with Crippen molar-refractivity contribution in [2.75, 3.05) is 19.7 Å². The van der Waals surface area contributed by atoms with E-state index >= 15 is 0 Å². The van der Waals surface area contributed by atoms with Gasteiger partial charge < -0.3 is 10.0 Å². The molecule has 0 aliphatic carbocycles. The lowest BCUT2D eigenvalue weighted by Gasteiger charge is -2.22. The lowest BCUT2D eigenvalue weighted by atomic mass is 9.88. The molecule has 23 heavy (non-hydrogen) atoms. The third-order valence-corrected chi connectivity index (χ3v) is 4.68. The van der Waals surface area contributed by atoms with Crippen molar-refractivity contribution in [3.8, 4) is 0 Å². The number of amides is 1. The molecule has 1 N–H and O–H groups in total. The Kier molecular flexibility index (Phi) is 5.09. The van der Waals surface area contributed by atoms with Crippen LogP contribution in [0.15, 0.2) is 60.7 Å². The average molecular weight is 309 g/mol. The smallest absolute Gasteiger partial charge is 0.223 e. The summed E-state index contributed by atoms with van der Waals surface area (Å²) in [6.45, 7) is 1.62. The molecule has 1 unspecified atom stereocenters. The van der Waals surface area contributed by atoms with Gasteiger partial charge in [-0.2, -0.15) is 0 Å². The van der Waals surface area contributed by atoms with Crippen LogP contribution in [0.1, 0.15) is 29.9 Å². The fraction of sp³-hybridized carbons (Fsp3) is 0.350. The Hall–Kier alpha value is -2.13. The molecule has 3 nitrogen and oxygen atoms in total. The summed E-state index contributed by atoms with van der Waals surface area (Å²) in [5.41, 5.74) is 2.34. The summed E-state index contributed by atoms with van der Waals surface area (Å²) < 4.78 is 0. The van der Waals surface area contributed by atoms with E-state index < -0.39 is 0 Å². The first kappa shape index (κ1) is 15.8. The number of nitrogens with zero attached hydrogens (tertiary/aromatic N) is 1. The zero-order valence-electron chi connectivity index (χ0n) is 13.3. The lowest BCUT2D eigenvalue weighted by Crippen LogP contribution is -2.30. The van der Waals surface area contributed by atoms with Crippen LogP contribution in [0, 0.1) is 5.92 Å². The molecule has 2 aromatic rings. The van der Waals surface area contributed by atoms with Crippen LogP contribution in [0.2, 0.25) is 0 Å². The highest BCUT2D eigenvalue weighted by Gasteiger charge is 2.28. The predicted octanol–water partition coefficient (Wildman–Crippen LogP) is 3.05. The summed E-state index contributed by atoms with van der Waals surface area (Å²) in [6, 6.07) is 20.4. The Morgan fingerprint density at radius 2 is 1.61 bits per heavy atom. The van der Waals surface area contributed by atoms with Crippen LogP contribution >= 0.6 is 0 Å². The number of aliphatic hydroxyl groups excluding tert-OH is 1. The van der Waals surface area contributed by atoms with Gasteiger partial charge in [0.15, 0.2) is 0 Å². The van der Waals surface area contributed by atoms with Gasteiger partial charge >= 0.3 is 0 Å². The zero-order chi connectivity index (χ0) is 16.1. The molecule has 0 saturated carbocycles. The predicted molar refractivity (Wildman–Crippen MR) is 91.1 cm³/mol. The number of aliphatic hydroxyl groups is 1. The minimum atomic E-state index is 0.0816. The van der Waals surface area contributed by atoms with Gasteiger partial charge in [0.1, 0.15) is 0 Å². The van der Waals surface area contributed by atoms with Crippen LogP contribution < -0.4 is 0 Å².